The lowest BCUT2D eigenvalue weighted by atomic mass is 10.1. The van der Waals surface area contributed by atoms with Gasteiger partial charge in [-0.3, -0.25) is 19.1 Å². The number of amides is 2. The van der Waals surface area contributed by atoms with Gasteiger partial charge < -0.3 is 15.2 Å². The highest BCUT2D eigenvalue weighted by atomic mass is 79.9. The summed E-state index contributed by atoms with van der Waals surface area (Å²) >= 11 is 6.95. The Labute approximate surface area is 227 Å². The van der Waals surface area contributed by atoms with Crippen LogP contribution in [0.3, 0.4) is 0 Å². The van der Waals surface area contributed by atoms with Crippen LogP contribution in [0.15, 0.2) is 85.0 Å². The molecule has 0 aliphatic carbocycles. The normalized spacial score (nSPS) is 11.0. The van der Waals surface area contributed by atoms with E-state index in [1.807, 2.05) is 36.4 Å². The fraction of sp³-hybridized carbons (Fsp3) is 0.0769. The number of hydrogen-bond acceptors (Lipinski definition) is 5. The van der Waals surface area contributed by atoms with E-state index in [1.54, 1.807) is 41.9 Å². The predicted octanol–water partition coefficient (Wildman–Crippen LogP) is 5.48. The molecule has 9 nitrogen and oxygen atoms in total. The topological polar surface area (TPSA) is 122 Å². The van der Waals surface area contributed by atoms with Gasteiger partial charge in [-0.15, -0.1) is 0 Å². The molecule has 2 heterocycles. The first kappa shape index (κ1) is 24.7. The molecule has 0 aliphatic heterocycles. The number of fused-ring (bicyclic) bond motifs is 1. The molecule has 5 rings (SSSR count). The van der Waals surface area contributed by atoms with Crippen LogP contribution in [0.1, 0.15) is 16.1 Å². The average Bonchev–Trinajstić information content (AvgIpc) is 3.46. The molecule has 11 heteroatoms. The van der Waals surface area contributed by atoms with Crippen molar-refractivity contribution >= 4 is 66.0 Å². The Morgan fingerprint density at radius 3 is 2.49 bits per heavy atom. The van der Waals surface area contributed by atoms with E-state index in [9.17, 15) is 14.4 Å². The molecule has 2 amide bonds. The number of aromatic nitrogens is 3. The first-order chi connectivity index (χ1) is 17.8. The number of carbonyl (C=O) groups excluding carboxylic acids is 2. The molecule has 3 aromatic carbocycles. The average molecular weight is 625 g/mol. The molecule has 2 aromatic heterocycles. The summed E-state index contributed by atoms with van der Waals surface area (Å²) in [4.78, 5) is 40.1. The first-order valence-electron chi connectivity index (χ1n) is 11.1. The number of aryl methyl sites for hydroxylation is 1. The molecule has 0 spiro atoms. The molecule has 5 aromatic rings. The maximum Gasteiger partial charge on any atom is 0.439 e. The van der Waals surface area contributed by atoms with E-state index in [-0.39, 0.29) is 24.1 Å². The second kappa shape index (κ2) is 10.2. The Morgan fingerprint density at radius 1 is 1.00 bits per heavy atom. The van der Waals surface area contributed by atoms with Gasteiger partial charge in [-0.25, -0.2) is 4.79 Å². The van der Waals surface area contributed by atoms with Gasteiger partial charge in [-0.2, -0.15) is 0 Å². The molecule has 3 N–H and O–H groups in total. The summed E-state index contributed by atoms with van der Waals surface area (Å²) in [5.41, 5.74) is 3.45. The minimum atomic E-state index is -0.701. The number of carbonyl (C=O) groups is 2. The van der Waals surface area contributed by atoms with Crippen LogP contribution in [-0.2, 0) is 18.3 Å². The van der Waals surface area contributed by atoms with Gasteiger partial charge in [0.1, 0.15) is 5.69 Å². The van der Waals surface area contributed by atoms with Crippen LogP contribution in [-0.4, -0.2) is 26.5 Å². The zero-order valence-corrected chi connectivity index (χ0v) is 22.5. The summed E-state index contributed by atoms with van der Waals surface area (Å²) < 4.78 is 7.86. The van der Waals surface area contributed by atoms with Gasteiger partial charge in [0, 0.05) is 26.9 Å². The van der Waals surface area contributed by atoms with Crippen molar-refractivity contribution in [2.45, 2.75) is 6.42 Å². The van der Waals surface area contributed by atoms with E-state index in [4.69, 9.17) is 0 Å². The standard InChI is InChI=1S/C26H19Br2N5O4/c1-33-21(25(35)30-19-9-7-15(27)12-17(19)24-31-26(36)37-32-24)13-16-18(28)8-10-20(23(16)33)29-22(34)11-14-5-3-2-4-6-14/h2-10,12-13H,11H2,1H3,(H,29,34)(H,30,35)(H,31,32,36). The highest BCUT2D eigenvalue weighted by Gasteiger charge is 2.20. The number of halogens is 2. The van der Waals surface area contributed by atoms with Gasteiger partial charge in [0.2, 0.25) is 5.91 Å². The number of H-pyrrole nitrogens is 1. The molecular weight excluding hydrogens is 606 g/mol. The van der Waals surface area contributed by atoms with Gasteiger partial charge in [0.25, 0.3) is 5.91 Å². The largest absolute Gasteiger partial charge is 0.439 e. The van der Waals surface area contributed by atoms with Crippen molar-refractivity contribution in [3.05, 3.63) is 97.5 Å². The Hall–Kier alpha value is -3.96. The maximum atomic E-state index is 13.4. The molecule has 0 saturated heterocycles. The molecule has 0 saturated carbocycles. The summed E-state index contributed by atoms with van der Waals surface area (Å²) in [6.45, 7) is 0. The summed E-state index contributed by atoms with van der Waals surface area (Å²) in [6, 6.07) is 20.0. The van der Waals surface area contributed by atoms with Gasteiger partial charge >= 0.3 is 5.76 Å². The second-order valence-electron chi connectivity index (χ2n) is 8.24. The van der Waals surface area contributed by atoms with Crippen LogP contribution < -0.4 is 16.4 Å². The lowest BCUT2D eigenvalue weighted by molar-refractivity contribution is -0.115. The highest BCUT2D eigenvalue weighted by Crippen LogP contribution is 2.34. The minimum absolute atomic E-state index is 0.164. The monoisotopic (exact) mass is 623 g/mol. The molecule has 0 fully saturated rings. The van der Waals surface area contributed by atoms with E-state index < -0.39 is 5.76 Å². The van der Waals surface area contributed by atoms with Crippen molar-refractivity contribution < 1.29 is 14.1 Å². The van der Waals surface area contributed by atoms with Crippen LogP contribution in [0.25, 0.3) is 22.3 Å². The molecule has 0 atom stereocenters. The van der Waals surface area contributed by atoms with Crippen molar-refractivity contribution in [3.63, 3.8) is 0 Å². The van der Waals surface area contributed by atoms with E-state index in [0.29, 0.717) is 28.1 Å². The number of nitrogens with one attached hydrogen (secondary N) is 3. The van der Waals surface area contributed by atoms with Crippen LogP contribution in [0.2, 0.25) is 0 Å². The van der Waals surface area contributed by atoms with Gasteiger partial charge in [0.05, 0.1) is 23.3 Å². The van der Waals surface area contributed by atoms with E-state index in [2.05, 4.69) is 57.2 Å². The predicted molar refractivity (Wildman–Crippen MR) is 148 cm³/mol. The summed E-state index contributed by atoms with van der Waals surface area (Å²) in [6.07, 6.45) is 0.229. The number of anilines is 2. The van der Waals surface area contributed by atoms with Crippen molar-refractivity contribution in [2.24, 2.45) is 7.05 Å². The highest BCUT2D eigenvalue weighted by molar-refractivity contribution is 9.11. The van der Waals surface area contributed by atoms with Crippen LogP contribution in [0.4, 0.5) is 11.4 Å². The number of benzene rings is 3. The van der Waals surface area contributed by atoms with Gasteiger partial charge in [-0.1, -0.05) is 67.3 Å². The zero-order valence-electron chi connectivity index (χ0n) is 19.3. The number of hydrogen-bond donors (Lipinski definition) is 3. The lowest BCUT2D eigenvalue weighted by Crippen LogP contribution is -2.17. The Kier molecular flexibility index (Phi) is 6.81. The first-order valence-corrected chi connectivity index (χ1v) is 12.7. The number of rotatable bonds is 6. The molecule has 0 unspecified atom stereocenters. The second-order valence-corrected chi connectivity index (χ2v) is 10.0. The third-order valence-corrected chi connectivity index (χ3v) is 6.97. The third-order valence-electron chi connectivity index (χ3n) is 5.78. The van der Waals surface area contributed by atoms with E-state index in [1.165, 1.54) is 0 Å². The molecule has 0 bridgehead atoms. The van der Waals surface area contributed by atoms with Gasteiger partial charge in [-0.05, 0) is 42.0 Å². The fourth-order valence-electron chi connectivity index (χ4n) is 4.08. The quantitative estimate of drug-likeness (QED) is 0.231. The Balaban J connectivity index is 1.47. The molecule has 186 valence electrons. The fourth-order valence-corrected chi connectivity index (χ4v) is 4.88. The molecule has 0 radical (unpaired) electrons. The SMILES string of the molecule is Cn1c(C(=O)Nc2ccc(Br)cc2-c2noc(=O)[nH]2)cc2c(Br)ccc(NC(=O)Cc3ccccc3)c21. The molecular formula is C26H19Br2N5O4. The maximum absolute atomic E-state index is 13.4. The van der Waals surface area contributed by atoms with Gasteiger partial charge in [0.15, 0.2) is 5.82 Å². The van der Waals surface area contributed by atoms with Crippen molar-refractivity contribution in [1.82, 2.24) is 14.7 Å². The summed E-state index contributed by atoms with van der Waals surface area (Å²) in [5.74, 6) is -1.07. The summed E-state index contributed by atoms with van der Waals surface area (Å²) in [5, 5.41) is 10.4. The number of nitrogens with zero attached hydrogens (tertiary/aromatic N) is 2. The van der Waals surface area contributed by atoms with Crippen molar-refractivity contribution in [1.29, 1.82) is 0 Å². The molecule has 37 heavy (non-hydrogen) atoms. The Bertz CT molecular complexity index is 1710. The van der Waals surface area contributed by atoms with Crippen molar-refractivity contribution in [2.75, 3.05) is 10.6 Å². The minimum Gasteiger partial charge on any atom is -0.338 e. The zero-order chi connectivity index (χ0) is 26.1. The van der Waals surface area contributed by atoms with Crippen LogP contribution >= 0.6 is 31.9 Å². The van der Waals surface area contributed by atoms with Crippen molar-refractivity contribution in [3.8, 4) is 11.4 Å². The molecule has 0 aliphatic rings. The van der Waals surface area contributed by atoms with E-state index in [0.717, 1.165) is 19.9 Å². The summed E-state index contributed by atoms with van der Waals surface area (Å²) in [7, 11) is 1.76. The third kappa shape index (κ3) is 5.13. The van der Waals surface area contributed by atoms with Crippen LogP contribution in [0, 0.1) is 0 Å². The van der Waals surface area contributed by atoms with Crippen LogP contribution in [0.5, 0.6) is 0 Å². The Morgan fingerprint density at radius 2 is 1.76 bits per heavy atom. The smallest absolute Gasteiger partial charge is 0.338 e. The lowest BCUT2D eigenvalue weighted by Gasteiger charge is -2.12. The number of aromatic amines is 1. The van der Waals surface area contributed by atoms with E-state index >= 15 is 0 Å².